The van der Waals surface area contributed by atoms with Gasteiger partial charge in [-0.1, -0.05) is 18.2 Å². The lowest BCUT2D eigenvalue weighted by Crippen LogP contribution is -2.45. The van der Waals surface area contributed by atoms with Gasteiger partial charge in [-0.15, -0.1) is 11.8 Å². The molecule has 1 amide bonds. The number of nitrogens with zero attached hydrogens (tertiary/aromatic N) is 1. The Bertz CT molecular complexity index is 797. The van der Waals surface area contributed by atoms with E-state index in [1.165, 1.54) is 22.7 Å². The number of amides is 1. The Morgan fingerprint density at radius 1 is 1.25 bits per heavy atom. The third-order valence-corrected chi connectivity index (χ3v) is 5.30. The number of anilines is 1. The molecule has 0 spiro atoms. The number of benzene rings is 2. The lowest BCUT2D eigenvalue weighted by molar-refractivity contribution is 0.0260. The molecule has 0 aromatic heterocycles. The van der Waals surface area contributed by atoms with Gasteiger partial charge in [0.05, 0.1) is 5.69 Å². The van der Waals surface area contributed by atoms with E-state index in [9.17, 15) is 14.3 Å². The summed E-state index contributed by atoms with van der Waals surface area (Å²) in [5.74, 6) is -0.415. The fraction of sp³-hybridized carbons (Fsp3) is 0.278. The van der Waals surface area contributed by atoms with Crippen molar-refractivity contribution < 1.29 is 19.0 Å². The maximum Gasteiger partial charge on any atom is 0.417 e. The lowest BCUT2D eigenvalue weighted by atomic mass is 9.93. The van der Waals surface area contributed by atoms with Crippen molar-refractivity contribution in [3.8, 4) is 0 Å². The Hall–Kier alpha value is -2.05. The average Bonchev–Trinajstić information content (AvgIpc) is 2.88. The smallest absolute Gasteiger partial charge is 0.417 e. The van der Waals surface area contributed by atoms with Gasteiger partial charge in [-0.25, -0.2) is 14.1 Å². The molecule has 0 radical (unpaired) electrons. The lowest BCUT2D eigenvalue weighted by Gasteiger charge is -2.32. The van der Waals surface area contributed by atoms with E-state index in [1.807, 2.05) is 19.9 Å². The van der Waals surface area contributed by atoms with Crippen LogP contribution in [0.2, 0.25) is 0 Å². The van der Waals surface area contributed by atoms with Crippen LogP contribution in [-0.2, 0) is 10.5 Å². The van der Waals surface area contributed by atoms with Crippen molar-refractivity contribution in [3.63, 3.8) is 0 Å². The number of rotatable bonds is 3. The van der Waals surface area contributed by atoms with Crippen molar-refractivity contribution in [1.82, 2.24) is 0 Å². The monoisotopic (exact) mass is 347 g/mol. The van der Waals surface area contributed by atoms with Gasteiger partial charge < -0.3 is 9.84 Å². The number of cyclic esters (lactones) is 1. The summed E-state index contributed by atoms with van der Waals surface area (Å²) in [6.07, 6.45) is 1.15. The molecule has 24 heavy (non-hydrogen) atoms. The van der Waals surface area contributed by atoms with Crippen LogP contribution in [0, 0.1) is 19.7 Å². The molecule has 4 nitrogen and oxygen atoms in total. The highest BCUT2D eigenvalue weighted by molar-refractivity contribution is 7.98. The van der Waals surface area contributed by atoms with E-state index >= 15 is 0 Å². The maximum absolute atomic E-state index is 14.5. The molecule has 1 saturated heterocycles. The molecule has 1 aliphatic rings. The highest BCUT2D eigenvalue weighted by Crippen LogP contribution is 2.40. The number of carbonyl (C=O) groups excluding carboxylic acids is 1. The van der Waals surface area contributed by atoms with Crippen LogP contribution in [0.3, 0.4) is 0 Å². The third kappa shape index (κ3) is 2.46. The summed E-state index contributed by atoms with van der Waals surface area (Å²) >= 11 is 1.32. The summed E-state index contributed by atoms with van der Waals surface area (Å²) in [7, 11) is 0. The van der Waals surface area contributed by atoms with Crippen molar-refractivity contribution in [2.24, 2.45) is 0 Å². The third-order valence-electron chi connectivity index (χ3n) is 4.39. The molecule has 1 N–H and O–H groups in total. The van der Waals surface area contributed by atoms with Crippen LogP contribution in [0.1, 0.15) is 16.7 Å². The Morgan fingerprint density at radius 2 is 1.92 bits per heavy atom. The van der Waals surface area contributed by atoms with Gasteiger partial charge in [-0.3, -0.25) is 0 Å². The minimum Gasteiger partial charge on any atom is -0.444 e. The van der Waals surface area contributed by atoms with Gasteiger partial charge >= 0.3 is 6.09 Å². The summed E-state index contributed by atoms with van der Waals surface area (Å²) in [4.78, 5) is 13.9. The number of hydrogen-bond acceptors (Lipinski definition) is 4. The summed E-state index contributed by atoms with van der Waals surface area (Å²) in [5, 5.41) is 11.2. The molecule has 2 aromatic rings. The second kappa shape index (κ2) is 6.11. The predicted octanol–water partition coefficient (Wildman–Crippen LogP) is 3.97. The van der Waals surface area contributed by atoms with Crippen molar-refractivity contribution in [2.45, 2.75) is 24.5 Å². The maximum atomic E-state index is 14.5. The number of thioether (sulfide) groups is 1. The summed E-state index contributed by atoms with van der Waals surface area (Å²) in [5.41, 5.74) is 0.574. The largest absolute Gasteiger partial charge is 0.444 e. The van der Waals surface area contributed by atoms with Gasteiger partial charge in [0.2, 0.25) is 5.72 Å². The van der Waals surface area contributed by atoms with Gasteiger partial charge in [0.15, 0.2) is 0 Å². The molecule has 0 saturated carbocycles. The molecule has 3 rings (SSSR count). The van der Waals surface area contributed by atoms with E-state index in [0.717, 1.165) is 11.1 Å². The number of para-hydroxylation sites is 1. The number of halogens is 1. The topological polar surface area (TPSA) is 49.8 Å². The van der Waals surface area contributed by atoms with Crippen LogP contribution in [-0.4, -0.2) is 24.1 Å². The zero-order chi connectivity index (χ0) is 17.5. The Kier molecular flexibility index (Phi) is 4.27. The van der Waals surface area contributed by atoms with Crippen LogP contribution >= 0.6 is 11.8 Å². The zero-order valence-corrected chi connectivity index (χ0v) is 14.5. The molecule has 1 atom stereocenters. The molecule has 1 fully saturated rings. The summed E-state index contributed by atoms with van der Waals surface area (Å²) in [6.45, 7) is 3.37. The zero-order valence-electron chi connectivity index (χ0n) is 13.7. The molecule has 1 aliphatic heterocycles. The summed E-state index contributed by atoms with van der Waals surface area (Å²) < 4.78 is 19.6. The van der Waals surface area contributed by atoms with Crippen molar-refractivity contribution in [1.29, 1.82) is 0 Å². The minimum absolute atomic E-state index is 0.251. The van der Waals surface area contributed by atoms with E-state index in [-0.39, 0.29) is 6.61 Å². The molecule has 1 heterocycles. The van der Waals surface area contributed by atoms with E-state index < -0.39 is 17.6 Å². The Morgan fingerprint density at radius 3 is 2.54 bits per heavy atom. The molecule has 2 aromatic carbocycles. The van der Waals surface area contributed by atoms with E-state index in [4.69, 9.17) is 4.74 Å². The van der Waals surface area contributed by atoms with Crippen LogP contribution in [0.25, 0.3) is 0 Å². The molecule has 6 heteroatoms. The number of hydrogen-bond donors (Lipinski definition) is 1. The average molecular weight is 347 g/mol. The van der Waals surface area contributed by atoms with Crippen molar-refractivity contribution in [2.75, 3.05) is 17.8 Å². The first-order valence-electron chi connectivity index (χ1n) is 7.48. The van der Waals surface area contributed by atoms with Crippen LogP contribution in [0.15, 0.2) is 41.3 Å². The minimum atomic E-state index is -1.74. The highest BCUT2D eigenvalue weighted by atomic mass is 32.2. The highest BCUT2D eigenvalue weighted by Gasteiger charge is 2.49. The predicted molar refractivity (Wildman–Crippen MR) is 91.8 cm³/mol. The Balaban J connectivity index is 2.19. The number of ether oxygens (including phenoxy) is 1. The van der Waals surface area contributed by atoms with E-state index in [1.54, 1.807) is 30.5 Å². The first-order valence-corrected chi connectivity index (χ1v) is 8.71. The number of carbonyl (C=O) groups is 1. The second-order valence-corrected chi connectivity index (χ2v) is 6.55. The Labute approximate surface area is 144 Å². The van der Waals surface area contributed by atoms with Crippen LogP contribution in [0.5, 0.6) is 0 Å². The van der Waals surface area contributed by atoms with Crippen molar-refractivity contribution in [3.05, 3.63) is 58.9 Å². The SMILES string of the molecule is CSc1c(F)cc(C2(O)COC(=O)N2c2ccccc2)c(C)c1C. The fourth-order valence-corrected chi connectivity index (χ4v) is 3.77. The van der Waals surface area contributed by atoms with E-state index in [0.29, 0.717) is 16.1 Å². The quantitative estimate of drug-likeness (QED) is 0.854. The van der Waals surface area contributed by atoms with Crippen molar-refractivity contribution >= 4 is 23.5 Å². The fourth-order valence-electron chi connectivity index (χ4n) is 3.06. The molecule has 0 aliphatic carbocycles. The van der Waals surface area contributed by atoms with Crippen LogP contribution in [0.4, 0.5) is 14.9 Å². The molecule has 126 valence electrons. The van der Waals surface area contributed by atoms with Gasteiger partial charge in [0.25, 0.3) is 0 Å². The summed E-state index contributed by atoms with van der Waals surface area (Å²) in [6, 6.07) is 10.0. The van der Waals surface area contributed by atoms with Gasteiger partial charge in [-0.05, 0) is 49.4 Å². The second-order valence-electron chi connectivity index (χ2n) is 5.73. The molecule has 0 bridgehead atoms. The normalized spacial score (nSPS) is 20.4. The standard InChI is InChI=1S/C18H18FNO3S/c1-11-12(2)16(24-3)15(19)9-14(11)18(22)10-23-17(21)20(18)13-7-5-4-6-8-13/h4-9,22H,10H2,1-3H3. The van der Waals surface area contributed by atoms with Crippen LogP contribution < -0.4 is 4.90 Å². The molecular formula is C18H18FNO3S. The van der Waals surface area contributed by atoms with Gasteiger partial charge in [0, 0.05) is 10.5 Å². The molecule has 1 unspecified atom stereocenters. The first kappa shape index (κ1) is 16.8. The first-order chi connectivity index (χ1) is 11.4. The number of aliphatic hydroxyl groups is 1. The van der Waals surface area contributed by atoms with Gasteiger partial charge in [0.1, 0.15) is 12.4 Å². The van der Waals surface area contributed by atoms with E-state index in [2.05, 4.69) is 0 Å². The molecular weight excluding hydrogens is 329 g/mol. The van der Waals surface area contributed by atoms with Gasteiger partial charge in [-0.2, -0.15) is 0 Å².